The van der Waals surface area contributed by atoms with Crippen molar-refractivity contribution in [2.24, 2.45) is 0 Å². The molecule has 0 aromatic carbocycles. The van der Waals surface area contributed by atoms with Gasteiger partial charge in [0, 0.05) is 58.6 Å². The van der Waals surface area contributed by atoms with E-state index in [4.69, 9.17) is 9.47 Å². The molecule has 240 valence electrons. The number of carbonyl (C=O) groups excluding carboxylic acids is 3. The number of ether oxygens (including phenoxy) is 2. The molecule has 1 aromatic rings. The highest BCUT2D eigenvalue weighted by Crippen LogP contribution is 2.33. The van der Waals surface area contributed by atoms with E-state index in [1.54, 1.807) is 10.9 Å². The number of alkyl halides is 2. The normalized spacial score (nSPS) is 34.0. The summed E-state index contributed by atoms with van der Waals surface area (Å²) >= 11 is 0. The lowest BCUT2D eigenvalue weighted by Crippen LogP contribution is -2.65. The van der Waals surface area contributed by atoms with Gasteiger partial charge in [-0.25, -0.2) is 13.5 Å². The molecule has 1 saturated carbocycles. The molecule has 1 aromatic heterocycles. The molecule has 17 heteroatoms. The molecule has 3 amide bonds. The highest BCUT2D eigenvalue weighted by Gasteiger charge is 2.49. The second-order valence-corrected chi connectivity index (χ2v) is 11.7. The molecular formula is C26H39F2N7O8. The first kappa shape index (κ1) is 31.6. The Hall–Kier alpha value is -2.83. The number of carbonyl (C=O) groups is 3. The number of hydrogen-bond donors (Lipinski definition) is 5. The van der Waals surface area contributed by atoms with Crippen molar-refractivity contribution in [3.63, 3.8) is 0 Å². The molecule has 1 aliphatic carbocycles. The van der Waals surface area contributed by atoms with Gasteiger partial charge in [-0.2, -0.15) is 0 Å². The monoisotopic (exact) mass is 615 g/mol. The van der Waals surface area contributed by atoms with Crippen LogP contribution in [0.5, 0.6) is 0 Å². The van der Waals surface area contributed by atoms with Gasteiger partial charge in [0.05, 0.1) is 25.4 Å². The number of rotatable bonds is 7. The van der Waals surface area contributed by atoms with Gasteiger partial charge in [0.15, 0.2) is 6.10 Å². The number of aromatic nitrogens is 3. The number of nitrogens with zero attached hydrogens (tertiary/aromatic N) is 5. The van der Waals surface area contributed by atoms with Crippen molar-refractivity contribution in [1.82, 2.24) is 35.4 Å². The zero-order chi connectivity index (χ0) is 30.9. The molecule has 4 fully saturated rings. The minimum Gasteiger partial charge on any atom is -0.388 e. The van der Waals surface area contributed by atoms with Gasteiger partial charge < -0.3 is 45.2 Å². The number of methoxy groups -OCH3 is 1. The van der Waals surface area contributed by atoms with Crippen LogP contribution in [-0.4, -0.2) is 146 Å². The maximum absolute atomic E-state index is 13.7. The van der Waals surface area contributed by atoms with Gasteiger partial charge in [-0.05, 0) is 12.8 Å². The summed E-state index contributed by atoms with van der Waals surface area (Å²) in [5, 5.41) is 45.6. The standard InChI is InChI=1S/C26H39F2N7O8/c1-42-13-15-10-35(32-31-15)16-8-17-24(40)30-9-18-20(37)21(38)22(39)23(43-18)25(41)33(12-19(36)34(17)11-16)7-6-29-14-2-4-26(27,28)5-3-14/h10,14,16-18,20-23,29,37-39H,2-9,11-13H2,1H3,(H,30,40)/t16-,17-,18-,20-,21+,22+,23-/m0/s1. The molecule has 0 spiro atoms. The quantitative estimate of drug-likeness (QED) is 0.219. The van der Waals surface area contributed by atoms with Crippen LogP contribution in [0.3, 0.4) is 0 Å². The van der Waals surface area contributed by atoms with Crippen LogP contribution in [0, 0.1) is 0 Å². The van der Waals surface area contributed by atoms with E-state index < -0.39 is 72.8 Å². The highest BCUT2D eigenvalue weighted by molar-refractivity contribution is 5.92. The van der Waals surface area contributed by atoms with Gasteiger partial charge in [-0.3, -0.25) is 14.4 Å². The summed E-state index contributed by atoms with van der Waals surface area (Å²) in [4.78, 5) is 43.2. The molecule has 5 N–H and O–H groups in total. The van der Waals surface area contributed by atoms with Crippen molar-refractivity contribution in [2.75, 3.05) is 39.8 Å². The lowest BCUT2D eigenvalue weighted by molar-refractivity contribution is -0.223. The SMILES string of the molecule is COCc1cn([C@H]2C[C@H]3C(=O)NC[C@@H]4O[C@H](C(=O)N(CCNC5CCC(F)(F)CC5)CC(=O)N3C2)[C@H](O)[C@H](O)[C@H]4O)nn1. The minimum absolute atomic E-state index is 0.0368. The number of amides is 3. The molecule has 15 nitrogen and oxygen atoms in total. The summed E-state index contributed by atoms with van der Waals surface area (Å²) in [5.74, 6) is -4.53. The summed E-state index contributed by atoms with van der Waals surface area (Å²) in [6, 6.07) is -1.52. The third-order valence-corrected chi connectivity index (χ3v) is 8.73. The highest BCUT2D eigenvalue weighted by atomic mass is 19.3. The molecule has 0 radical (unpaired) electrons. The predicted octanol–water partition coefficient (Wildman–Crippen LogP) is -2.46. The molecule has 2 bridgehead atoms. The Morgan fingerprint density at radius 2 is 1.91 bits per heavy atom. The summed E-state index contributed by atoms with van der Waals surface area (Å²) in [7, 11) is 1.52. The second kappa shape index (κ2) is 13.0. The molecule has 7 atom stereocenters. The molecule has 5 rings (SSSR count). The molecule has 4 heterocycles. The average Bonchev–Trinajstić information content (AvgIpc) is 3.63. The molecule has 0 unspecified atom stereocenters. The van der Waals surface area contributed by atoms with Crippen molar-refractivity contribution in [1.29, 1.82) is 0 Å². The van der Waals surface area contributed by atoms with Crippen LogP contribution in [-0.2, 0) is 30.5 Å². The largest absolute Gasteiger partial charge is 0.388 e. The van der Waals surface area contributed by atoms with Gasteiger partial charge in [-0.1, -0.05) is 5.21 Å². The van der Waals surface area contributed by atoms with E-state index in [0.717, 1.165) is 4.90 Å². The zero-order valence-corrected chi connectivity index (χ0v) is 23.8. The van der Waals surface area contributed by atoms with Crippen LogP contribution in [0.4, 0.5) is 8.78 Å². The zero-order valence-electron chi connectivity index (χ0n) is 23.8. The summed E-state index contributed by atoms with van der Waals surface area (Å²) in [6.45, 7) is -0.286. The van der Waals surface area contributed by atoms with E-state index in [2.05, 4.69) is 20.9 Å². The van der Waals surface area contributed by atoms with E-state index >= 15 is 0 Å². The number of aliphatic hydroxyl groups excluding tert-OH is 3. The first-order valence-corrected chi connectivity index (χ1v) is 14.5. The molecule has 43 heavy (non-hydrogen) atoms. The van der Waals surface area contributed by atoms with E-state index in [1.807, 2.05) is 0 Å². The molecule has 3 aliphatic heterocycles. The predicted molar refractivity (Wildman–Crippen MR) is 141 cm³/mol. The number of aliphatic hydroxyl groups is 3. The van der Waals surface area contributed by atoms with Crippen molar-refractivity contribution in [3.05, 3.63) is 11.9 Å². The topological polar surface area (TPSA) is 192 Å². The van der Waals surface area contributed by atoms with E-state index in [9.17, 15) is 38.5 Å². The molecule has 3 saturated heterocycles. The van der Waals surface area contributed by atoms with Gasteiger partial charge in [0.25, 0.3) is 5.91 Å². The minimum atomic E-state index is -2.69. The van der Waals surface area contributed by atoms with Gasteiger partial charge in [0.1, 0.15) is 36.2 Å². The van der Waals surface area contributed by atoms with Crippen LogP contribution in [0.15, 0.2) is 6.20 Å². The van der Waals surface area contributed by atoms with Crippen molar-refractivity contribution in [3.8, 4) is 0 Å². The average molecular weight is 616 g/mol. The Balaban J connectivity index is 1.36. The smallest absolute Gasteiger partial charge is 0.255 e. The maximum atomic E-state index is 13.7. The van der Waals surface area contributed by atoms with Crippen molar-refractivity contribution in [2.45, 2.75) is 93.3 Å². The van der Waals surface area contributed by atoms with E-state index in [1.165, 1.54) is 12.0 Å². The third kappa shape index (κ3) is 6.96. The lowest BCUT2D eigenvalue weighted by atomic mass is 9.92. The fraction of sp³-hybridized carbons (Fsp3) is 0.808. The Labute approximate surface area is 246 Å². The second-order valence-electron chi connectivity index (χ2n) is 11.7. The van der Waals surface area contributed by atoms with Gasteiger partial charge in [-0.15, -0.1) is 5.10 Å². The number of nitrogens with one attached hydrogen (secondary N) is 2. The van der Waals surface area contributed by atoms with E-state index in [-0.39, 0.29) is 70.9 Å². The summed E-state index contributed by atoms with van der Waals surface area (Å²) < 4.78 is 39.5. The molecule has 4 aliphatic rings. The van der Waals surface area contributed by atoms with E-state index in [0.29, 0.717) is 5.69 Å². The Bertz CT molecular complexity index is 1160. The summed E-state index contributed by atoms with van der Waals surface area (Å²) in [6.07, 6.45) is -6.05. The van der Waals surface area contributed by atoms with Crippen LogP contribution in [0.2, 0.25) is 0 Å². The Kier molecular flexibility index (Phi) is 9.58. The Morgan fingerprint density at radius 3 is 2.63 bits per heavy atom. The van der Waals surface area contributed by atoms with Gasteiger partial charge >= 0.3 is 0 Å². The van der Waals surface area contributed by atoms with Crippen LogP contribution in [0.1, 0.15) is 43.8 Å². The summed E-state index contributed by atoms with van der Waals surface area (Å²) in [5.41, 5.74) is 0.570. The van der Waals surface area contributed by atoms with Gasteiger partial charge in [0.2, 0.25) is 17.7 Å². The van der Waals surface area contributed by atoms with Crippen molar-refractivity contribution >= 4 is 17.7 Å². The third-order valence-electron chi connectivity index (χ3n) is 8.73. The van der Waals surface area contributed by atoms with Crippen LogP contribution < -0.4 is 10.6 Å². The first-order chi connectivity index (χ1) is 20.5. The maximum Gasteiger partial charge on any atom is 0.255 e. The fourth-order valence-corrected chi connectivity index (χ4v) is 6.23. The number of halogens is 2. The molecular weight excluding hydrogens is 576 g/mol. The van der Waals surface area contributed by atoms with Crippen LogP contribution in [0.25, 0.3) is 0 Å². The lowest BCUT2D eigenvalue weighted by Gasteiger charge is -2.42. The fourth-order valence-electron chi connectivity index (χ4n) is 6.23. The first-order valence-electron chi connectivity index (χ1n) is 14.5. The van der Waals surface area contributed by atoms with Crippen LogP contribution >= 0.6 is 0 Å². The van der Waals surface area contributed by atoms with Crippen molar-refractivity contribution < 1.29 is 48.0 Å². The number of hydrogen-bond acceptors (Lipinski definition) is 11. The Morgan fingerprint density at radius 1 is 1.16 bits per heavy atom. The number of fused-ring (bicyclic) bond motifs is 3.